The third-order valence-corrected chi connectivity index (χ3v) is 2.27. The highest BCUT2D eigenvalue weighted by molar-refractivity contribution is 5.29. The van der Waals surface area contributed by atoms with E-state index in [1.54, 1.807) is 13.8 Å². The van der Waals surface area contributed by atoms with Crippen molar-refractivity contribution in [2.75, 3.05) is 0 Å². The molecule has 1 aromatic carbocycles. The van der Waals surface area contributed by atoms with E-state index in [0.29, 0.717) is 0 Å². The van der Waals surface area contributed by atoms with Gasteiger partial charge in [-0.1, -0.05) is 12.1 Å². The standard InChI is InChI=1S/C13H21NO2/c1-9(2)16-11-7-5-10(6-8-11)12(15)13(3,4)14/h5-9,12,15H,14H2,1-4H3. The van der Waals surface area contributed by atoms with E-state index < -0.39 is 11.6 Å². The average Bonchev–Trinajstić information content (AvgIpc) is 2.15. The van der Waals surface area contributed by atoms with Crippen LogP contribution in [0.2, 0.25) is 0 Å². The van der Waals surface area contributed by atoms with Crippen LogP contribution in [0.4, 0.5) is 0 Å². The van der Waals surface area contributed by atoms with Gasteiger partial charge in [-0.15, -0.1) is 0 Å². The van der Waals surface area contributed by atoms with Gasteiger partial charge in [0.15, 0.2) is 0 Å². The van der Waals surface area contributed by atoms with Crippen molar-refractivity contribution in [2.45, 2.75) is 45.4 Å². The zero-order valence-corrected chi connectivity index (χ0v) is 10.4. The number of benzene rings is 1. The zero-order valence-electron chi connectivity index (χ0n) is 10.4. The van der Waals surface area contributed by atoms with Crippen molar-refractivity contribution in [3.63, 3.8) is 0 Å². The van der Waals surface area contributed by atoms with Gasteiger partial charge >= 0.3 is 0 Å². The first-order valence-electron chi connectivity index (χ1n) is 5.54. The highest BCUT2D eigenvalue weighted by atomic mass is 16.5. The Morgan fingerprint density at radius 2 is 1.69 bits per heavy atom. The van der Waals surface area contributed by atoms with Crippen LogP contribution in [0.1, 0.15) is 39.4 Å². The van der Waals surface area contributed by atoms with Crippen LogP contribution in [-0.2, 0) is 0 Å². The molecule has 0 fully saturated rings. The maximum absolute atomic E-state index is 9.96. The van der Waals surface area contributed by atoms with E-state index in [2.05, 4.69) is 0 Å². The molecule has 90 valence electrons. The minimum atomic E-state index is -0.666. The van der Waals surface area contributed by atoms with Gasteiger partial charge < -0.3 is 15.6 Å². The van der Waals surface area contributed by atoms with Crippen molar-refractivity contribution in [1.82, 2.24) is 0 Å². The minimum Gasteiger partial charge on any atom is -0.491 e. The molecule has 0 aliphatic carbocycles. The molecule has 3 heteroatoms. The molecule has 3 nitrogen and oxygen atoms in total. The van der Waals surface area contributed by atoms with Gasteiger partial charge in [-0.3, -0.25) is 0 Å². The Hall–Kier alpha value is -1.06. The fourth-order valence-corrected chi connectivity index (χ4v) is 1.43. The van der Waals surface area contributed by atoms with E-state index in [0.717, 1.165) is 11.3 Å². The summed E-state index contributed by atoms with van der Waals surface area (Å²) in [5.74, 6) is 0.806. The normalized spacial score (nSPS) is 13.9. The van der Waals surface area contributed by atoms with Crippen LogP contribution in [0.25, 0.3) is 0 Å². The van der Waals surface area contributed by atoms with Gasteiger partial charge in [0.1, 0.15) is 5.75 Å². The highest BCUT2D eigenvalue weighted by Crippen LogP contribution is 2.25. The third kappa shape index (κ3) is 3.51. The van der Waals surface area contributed by atoms with Gasteiger partial charge in [-0.2, -0.15) is 0 Å². The molecule has 1 aromatic rings. The molecule has 0 aliphatic heterocycles. The van der Waals surface area contributed by atoms with Gasteiger partial charge in [0.05, 0.1) is 12.2 Å². The largest absolute Gasteiger partial charge is 0.491 e. The molecule has 0 saturated carbocycles. The van der Waals surface area contributed by atoms with E-state index in [9.17, 15) is 5.11 Å². The summed E-state index contributed by atoms with van der Waals surface area (Å²) in [6.07, 6.45) is -0.512. The van der Waals surface area contributed by atoms with Crippen LogP contribution in [0, 0.1) is 0 Å². The summed E-state index contributed by atoms with van der Waals surface area (Å²) in [5, 5.41) is 9.96. The molecule has 0 bridgehead atoms. The lowest BCUT2D eigenvalue weighted by Gasteiger charge is -2.26. The van der Waals surface area contributed by atoms with E-state index in [1.165, 1.54) is 0 Å². The molecular weight excluding hydrogens is 202 g/mol. The number of nitrogens with two attached hydrogens (primary N) is 1. The molecule has 0 spiro atoms. The van der Waals surface area contributed by atoms with Crippen molar-refractivity contribution in [2.24, 2.45) is 5.73 Å². The molecule has 0 aromatic heterocycles. The van der Waals surface area contributed by atoms with E-state index in [-0.39, 0.29) is 6.10 Å². The van der Waals surface area contributed by atoms with Crippen LogP contribution in [0.15, 0.2) is 24.3 Å². The number of hydrogen-bond acceptors (Lipinski definition) is 3. The lowest BCUT2D eigenvalue weighted by atomic mass is 9.92. The Labute approximate surface area is 97.2 Å². The Morgan fingerprint density at radius 3 is 2.06 bits per heavy atom. The van der Waals surface area contributed by atoms with Gasteiger partial charge in [-0.05, 0) is 45.4 Å². The smallest absolute Gasteiger partial charge is 0.119 e. The molecule has 0 heterocycles. The van der Waals surface area contributed by atoms with Gasteiger partial charge in [-0.25, -0.2) is 0 Å². The first-order chi connectivity index (χ1) is 7.30. The number of aliphatic hydroxyl groups is 1. The first kappa shape index (κ1) is 13.0. The van der Waals surface area contributed by atoms with Crippen LogP contribution in [0.5, 0.6) is 5.75 Å². The van der Waals surface area contributed by atoms with Gasteiger partial charge in [0.2, 0.25) is 0 Å². The number of rotatable bonds is 4. The van der Waals surface area contributed by atoms with Gasteiger partial charge in [0.25, 0.3) is 0 Å². The Bertz CT molecular complexity index is 325. The predicted octanol–water partition coefficient (Wildman–Crippen LogP) is 2.24. The van der Waals surface area contributed by atoms with Crippen LogP contribution in [0.3, 0.4) is 0 Å². The maximum atomic E-state index is 9.96. The fourth-order valence-electron chi connectivity index (χ4n) is 1.43. The number of hydrogen-bond donors (Lipinski definition) is 2. The third-order valence-electron chi connectivity index (χ3n) is 2.27. The Morgan fingerprint density at radius 1 is 1.19 bits per heavy atom. The molecule has 3 N–H and O–H groups in total. The summed E-state index contributed by atoms with van der Waals surface area (Å²) in [4.78, 5) is 0. The van der Waals surface area contributed by atoms with Crippen molar-refractivity contribution in [3.05, 3.63) is 29.8 Å². The fraction of sp³-hybridized carbons (Fsp3) is 0.538. The van der Waals surface area contributed by atoms with Crippen molar-refractivity contribution < 1.29 is 9.84 Å². The van der Waals surface area contributed by atoms with Crippen LogP contribution >= 0.6 is 0 Å². The second-order valence-electron chi connectivity index (χ2n) is 4.96. The van der Waals surface area contributed by atoms with Crippen molar-refractivity contribution in [3.8, 4) is 5.75 Å². The second-order valence-corrected chi connectivity index (χ2v) is 4.96. The topological polar surface area (TPSA) is 55.5 Å². The zero-order chi connectivity index (χ0) is 12.3. The molecule has 16 heavy (non-hydrogen) atoms. The Balaban J connectivity index is 2.79. The molecule has 1 atom stereocenters. The molecule has 0 aliphatic rings. The van der Waals surface area contributed by atoms with Crippen LogP contribution in [-0.4, -0.2) is 16.7 Å². The van der Waals surface area contributed by atoms with Crippen molar-refractivity contribution >= 4 is 0 Å². The molecular formula is C13H21NO2. The SMILES string of the molecule is CC(C)Oc1ccc(C(O)C(C)(C)N)cc1. The summed E-state index contributed by atoms with van der Waals surface area (Å²) in [6, 6.07) is 7.39. The summed E-state index contributed by atoms with van der Waals surface area (Å²) in [6.45, 7) is 7.56. The summed E-state index contributed by atoms with van der Waals surface area (Å²) < 4.78 is 5.52. The number of ether oxygens (including phenoxy) is 1. The van der Waals surface area contributed by atoms with Gasteiger partial charge in [0, 0.05) is 5.54 Å². The molecule has 0 radical (unpaired) electrons. The quantitative estimate of drug-likeness (QED) is 0.823. The summed E-state index contributed by atoms with van der Waals surface area (Å²) >= 11 is 0. The average molecular weight is 223 g/mol. The van der Waals surface area contributed by atoms with Crippen LogP contribution < -0.4 is 10.5 Å². The summed E-state index contributed by atoms with van der Waals surface area (Å²) in [7, 11) is 0. The maximum Gasteiger partial charge on any atom is 0.119 e. The first-order valence-corrected chi connectivity index (χ1v) is 5.54. The monoisotopic (exact) mass is 223 g/mol. The lowest BCUT2D eigenvalue weighted by molar-refractivity contribution is 0.104. The predicted molar refractivity (Wildman–Crippen MR) is 65.4 cm³/mol. The van der Waals surface area contributed by atoms with Crippen molar-refractivity contribution in [1.29, 1.82) is 0 Å². The molecule has 0 saturated heterocycles. The molecule has 1 unspecified atom stereocenters. The van der Waals surface area contributed by atoms with E-state index in [1.807, 2.05) is 38.1 Å². The minimum absolute atomic E-state index is 0.154. The van der Waals surface area contributed by atoms with E-state index in [4.69, 9.17) is 10.5 Å². The lowest BCUT2D eigenvalue weighted by Crippen LogP contribution is -2.39. The second kappa shape index (κ2) is 4.85. The summed E-state index contributed by atoms with van der Waals surface area (Å²) in [5.41, 5.74) is 6.02. The highest BCUT2D eigenvalue weighted by Gasteiger charge is 2.24. The Kier molecular flexibility index (Phi) is 3.94. The molecule has 0 amide bonds. The number of aliphatic hydroxyl groups excluding tert-OH is 1. The molecule has 1 rings (SSSR count). The van der Waals surface area contributed by atoms with E-state index >= 15 is 0 Å².